The lowest BCUT2D eigenvalue weighted by Crippen LogP contribution is -2.11. The van der Waals surface area contributed by atoms with Crippen molar-refractivity contribution in [2.24, 2.45) is 4.99 Å². The number of nitrogens with one attached hydrogen (secondary N) is 1. The molecule has 0 saturated heterocycles. The Morgan fingerprint density at radius 3 is 2.89 bits per heavy atom. The molecule has 100 valence electrons. The van der Waals surface area contributed by atoms with Crippen LogP contribution in [0.4, 0.5) is 5.69 Å². The van der Waals surface area contributed by atoms with Gasteiger partial charge in [0.1, 0.15) is 6.04 Å². The van der Waals surface area contributed by atoms with E-state index < -0.39 is 0 Å². The lowest BCUT2D eigenvalue weighted by Gasteiger charge is -2.21. The van der Waals surface area contributed by atoms with Gasteiger partial charge in [0.25, 0.3) is 0 Å². The van der Waals surface area contributed by atoms with Crippen LogP contribution in [0.15, 0.2) is 35.3 Å². The molecular formula is C15H17ClN2S. The number of rotatable bonds is 2. The van der Waals surface area contributed by atoms with Crippen LogP contribution in [0.5, 0.6) is 0 Å². The lowest BCUT2D eigenvalue weighted by atomic mass is 9.99. The number of aliphatic imine (C=N–C) groups is 1. The first-order valence-electron chi connectivity index (χ1n) is 6.26. The second-order valence-electron chi connectivity index (χ2n) is 4.51. The zero-order chi connectivity index (χ0) is 12.5. The summed E-state index contributed by atoms with van der Waals surface area (Å²) in [6.45, 7) is 4.38. The van der Waals surface area contributed by atoms with Gasteiger partial charge in [-0.05, 0) is 31.0 Å². The van der Waals surface area contributed by atoms with Crippen molar-refractivity contribution in [2.45, 2.75) is 26.3 Å². The smallest absolute Gasteiger partial charge is 0.113 e. The first-order valence-corrected chi connectivity index (χ1v) is 7.07. The quantitative estimate of drug-likeness (QED) is 0.860. The van der Waals surface area contributed by atoms with E-state index in [0.717, 1.165) is 6.42 Å². The average Bonchev–Trinajstić information content (AvgIpc) is 2.79. The number of fused-ring (bicyclic) bond motifs is 1. The Labute approximate surface area is 124 Å². The van der Waals surface area contributed by atoms with E-state index >= 15 is 0 Å². The topological polar surface area (TPSA) is 24.4 Å². The maximum atomic E-state index is 4.64. The number of thiophene rings is 1. The van der Waals surface area contributed by atoms with Gasteiger partial charge < -0.3 is 5.32 Å². The van der Waals surface area contributed by atoms with E-state index in [1.54, 1.807) is 0 Å². The highest BCUT2D eigenvalue weighted by Crippen LogP contribution is 2.39. The van der Waals surface area contributed by atoms with Gasteiger partial charge in [-0.25, -0.2) is 0 Å². The first-order chi connectivity index (χ1) is 8.79. The fourth-order valence-corrected chi connectivity index (χ4v) is 3.61. The van der Waals surface area contributed by atoms with Gasteiger partial charge in [-0.1, -0.05) is 25.1 Å². The summed E-state index contributed by atoms with van der Waals surface area (Å²) in [5, 5.41) is 3.22. The van der Waals surface area contributed by atoms with Crippen LogP contribution in [0.25, 0.3) is 0 Å². The second-order valence-corrected chi connectivity index (χ2v) is 5.80. The van der Waals surface area contributed by atoms with Gasteiger partial charge in [-0.3, -0.25) is 4.99 Å². The van der Waals surface area contributed by atoms with Crippen LogP contribution in [-0.2, 0) is 6.42 Å². The van der Waals surface area contributed by atoms with Gasteiger partial charge >= 0.3 is 0 Å². The SMILES string of the molecule is CCc1cc(C)sc1C1N=CNc2ccccc21.Cl. The molecular weight excluding hydrogens is 276 g/mol. The summed E-state index contributed by atoms with van der Waals surface area (Å²) < 4.78 is 0. The zero-order valence-corrected chi connectivity index (χ0v) is 12.6. The van der Waals surface area contributed by atoms with E-state index in [1.165, 1.54) is 26.6 Å². The zero-order valence-electron chi connectivity index (χ0n) is 11.0. The molecule has 0 aliphatic carbocycles. The molecule has 4 heteroatoms. The number of aryl methyl sites for hydroxylation is 2. The molecule has 2 nitrogen and oxygen atoms in total. The van der Waals surface area contributed by atoms with Crippen molar-refractivity contribution in [3.05, 3.63) is 51.2 Å². The van der Waals surface area contributed by atoms with Crippen molar-refractivity contribution in [2.75, 3.05) is 5.32 Å². The maximum Gasteiger partial charge on any atom is 0.113 e. The highest BCUT2D eigenvalue weighted by atomic mass is 35.5. The van der Waals surface area contributed by atoms with Crippen molar-refractivity contribution >= 4 is 35.8 Å². The van der Waals surface area contributed by atoms with Gasteiger partial charge in [0.05, 0.1) is 6.34 Å². The number of para-hydroxylation sites is 1. The fraction of sp³-hybridized carbons (Fsp3) is 0.267. The molecule has 1 aromatic heterocycles. The second kappa shape index (κ2) is 5.76. The maximum absolute atomic E-state index is 4.64. The van der Waals surface area contributed by atoms with Crippen LogP contribution in [0.3, 0.4) is 0 Å². The number of nitrogens with zero attached hydrogens (tertiary/aromatic N) is 1. The molecule has 0 spiro atoms. The Bertz CT molecular complexity index is 604. The summed E-state index contributed by atoms with van der Waals surface area (Å²) >= 11 is 1.87. The highest BCUT2D eigenvalue weighted by Gasteiger charge is 2.22. The monoisotopic (exact) mass is 292 g/mol. The molecule has 1 aliphatic heterocycles. The third-order valence-corrected chi connectivity index (χ3v) is 4.44. The van der Waals surface area contributed by atoms with E-state index in [-0.39, 0.29) is 18.4 Å². The van der Waals surface area contributed by atoms with Crippen LogP contribution >= 0.6 is 23.7 Å². The predicted octanol–water partition coefficient (Wildman–Crippen LogP) is 4.58. The molecule has 1 aliphatic rings. The van der Waals surface area contributed by atoms with Crippen LogP contribution in [-0.4, -0.2) is 6.34 Å². The standard InChI is InChI=1S/C15H16N2S.ClH/c1-3-11-8-10(2)18-15(11)14-12-6-4-5-7-13(12)16-9-17-14;/h4-9,14H,3H2,1-2H3,(H,16,17);1H. The van der Waals surface area contributed by atoms with Crippen molar-refractivity contribution in [3.8, 4) is 0 Å². The molecule has 1 aromatic carbocycles. The summed E-state index contributed by atoms with van der Waals surface area (Å²) in [6.07, 6.45) is 2.89. The molecule has 2 aromatic rings. The minimum Gasteiger partial charge on any atom is -0.346 e. The highest BCUT2D eigenvalue weighted by molar-refractivity contribution is 7.12. The Hall–Kier alpha value is -1.32. The largest absolute Gasteiger partial charge is 0.346 e. The van der Waals surface area contributed by atoms with Gasteiger partial charge in [-0.2, -0.15) is 0 Å². The molecule has 3 rings (SSSR count). The first kappa shape index (κ1) is 14.1. The summed E-state index contributed by atoms with van der Waals surface area (Å²) in [5.74, 6) is 0. The Kier molecular flexibility index (Phi) is 4.27. The fourth-order valence-electron chi connectivity index (χ4n) is 2.43. The van der Waals surface area contributed by atoms with Crippen molar-refractivity contribution in [1.29, 1.82) is 0 Å². The van der Waals surface area contributed by atoms with Crippen molar-refractivity contribution in [3.63, 3.8) is 0 Å². The van der Waals surface area contributed by atoms with Gasteiger partial charge in [0, 0.05) is 21.0 Å². The number of benzene rings is 1. The van der Waals surface area contributed by atoms with E-state index in [4.69, 9.17) is 0 Å². The minimum atomic E-state index is 0. The molecule has 19 heavy (non-hydrogen) atoms. The van der Waals surface area contributed by atoms with E-state index in [2.05, 4.69) is 54.5 Å². The summed E-state index contributed by atoms with van der Waals surface area (Å²) in [6, 6.07) is 10.9. The molecule has 1 N–H and O–H groups in total. The third kappa shape index (κ3) is 2.53. The predicted molar refractivity (Wildman–Crippen MR) is 86.1 cm³/mol. The van der Waals surface area contributed by atoms with E-state index in [0.29, 0.717) is 0 Å². The van der Waals surface area contributed by atoms with E-state index in [9.17, 15) is 0 Å². The van der Waals surface area contributed by atoms with Gasteiger partial charge in [0.2, 0.25) is 0 Å². The van der Waals surface area contributed by atoms with Crippen LogP contribution in [0.1, 0.15) is 33.8 Å². The number of hydrogen-bond acceptors (Lipinski definition) is 3. The summed E-state index contributed by atoms with van der Waals surface area (Å²) in [7, 11) is 0. The van der Waals surface area contributed by atoms with Gasteiger partial charge in [0.15, 0.2) is 0 Å². The molecule has 1 atom stereocenters. The summed E-state index contributed by atoms with van der Waals surface area (Å²) in [4.78, 5) is 7.39. The van der Waals surface area contributed by atoms with Crippen LogP contribution < -0.4 is 5.32 Å². The van der Waals surface area contributed by atoms with Crippen LogP contribution in [0, 0.1) is 6.92 Å². The van der Waals surface area contributed by atoms with Crippen molar-refractivity contribution in [1.82, 2.24) is 0 Å². The van der Waals surface area contributed by atoms with Crippen molar-refractivity contribution < 1.29 is 0 Å². The minimum absolute atomic E-state index is 0. The molecule has 1 unspecified atom stereocenters. The average molecular weight is 293 g/mol. The summed E-state index contributed by atoms with van der Waals surface area (Å²) in [5.41, 5.74) is 3.87. The molecule has 0 bridgehead atoms. The number of hydrogen-bond donors (Lipinski definition) is 1. The normalized spacial score (nSPS) is 16.4. The molecule has 0 amide bonds. The Balaban J connectivity index is 0.00000133. The molecule has 0 saturated carbocycles. The molecule has 0 fully saturated rings. The molecule has 2 heterocycles. The van der Waals surface area contributed by atoms with E-state index in [1.807, 2.05) is 17.7 Å². The number of anilines is 1. The number of halogens is 1. The van der Waals surface area contributed by atoms with Crippen LogP contribution in [0.2, 0.25) is 0 Å². The Morgan fingerprint density at radius 1 is 1.32 bits per heavy atom. The third-order valence-electron chi connectivity index (χ3n) is 3.29. The molecule has 0 radical (unpaired) electrons. The van der Waals surface area contributed by atoms with Gasteiger partial charge in [-0.15, -0.1) is 23.7 Å². The Morgan fingerprint density at radius 2 is 2.11 bits per heavy atom. The lowest BCUT2D eigenvalue weighted by molar-refractivity contribution is 0.873.